The smallest absolute Gasteiger partial charge is 0.323 e. The van der Waals surface area contributed by atoms with Gasteiger partial charge in [0.15, 0.2) is 0 Å². The molecule has 4 unspecified atom stereocenters. The standard InChI is InChI=1S/C14H24N2O3/c1-3-9(2)16(8-13(17)18)14(19)15-12-7-10-4-5-11(12)6-10/h9-12H,3-8H2,1-2H3,(H,15,19)(H,17,18). The SMILES string of the molecule is CCC(C)N(CC(=O)O)C(=O)NC1CC2CCC1C2. The normalized spacial score (nSPS) is 30.1. The Morgan fingerprint density at radius 2 is 2.11 bits per heavy atom. The second-order valence-electron chi connectivity index (χ2n) is 6.01. The minimum Gasteiger partial charge on any atom is -0.480 e. The average Bonchev–Trinajstić information content (AvgIpc) is 2.96. The van der Waals surface area contributed by atoms with Crippen molar-refractivity contribution in [1.82, 2.24) is 10.2 Å². The highest BCUT2D eigenvalue weighted by Crippen LogP contribution is 2.44. The van der Waals surface area contributed by atoms with E-state index in [1.807, 2.05) is 13.8 Å². The molecule has 108 valence electrons. The molecule has 2 saturated carbocycles. The van der Waals surface area contributed by atoms with E-state index in [1.54, 1.807) is 0 Å². The Bertz CT molecular complexity index is 359. The zero-order valence-corrected chi connectivity index (χ0v) is 11.8. The third-order valence-corrected chi connectivity index (χ3v) is 4.74. The Labute approximate surface area is 114 Å². The highest BCUT2D eigenvalue weighted by Gasteiger charge is 2.40. The monoisotopic (exact) mass is 268 g/mol. The second kappa shape index (κ2) is 5.80. The molecule has 0 aromatic rings. The fourth-order valence-corrected chi connectivity index (χ4v) is 3.46. The van der Waals surface area contributed by atoms with Crippen molar-refractivity contribution >= 4 is 12.0 Å². The lowest BCUT2D eigenvalue weighted by Gasteiger charge is -2.31. The van der Waals surface area contributed by atoms with E-state index in [0.29, 0.717) is 5.92 Å². The topological polar surface area (TPSA) is 69.6 Å². The van der Waals surface area contributed by atoms with E-state index in [2.05, 4.69) is 5.32 Å². The number of nitrogens with one attached hydrogen (secondary N) is 1. The van der Waals surface area contributed by atoms with Crippen molar-refractivity contribution in [3.63, 3.8) is 0 Å². The molecule has 2 fully saturated rings. The van der Waals surface area contributed by atoms with Crippen LogP contribution in [0.1, 0.15) is 46.0 Å². The third-order valence-electron chi connectivity index (χ3n) is 4.74. The van der Waals surface area contributed by atoms with Gasteiger partial charge < -0.3 is 15.3 Å². The summed E-state index contributed by atoms with van der Waals surface area (Å²) in [5, 5.41) is 12.0. The highest BCUT2D eigenvalue weighted by atomic mass is 16.4. The lowest BCUT2D eigenvalue weighted by Crippen LogP contribution is -2.51. The largest absolute Gasteiger partial charge is 0.480 e. The minimum atomic E-state index is -0.955. The number of carbonyl (C=O) groups excluding carboxylic acids is 1. The number of urea groups is 1. The summed E-state index contributed by atoms with van der Waals surface area (Å²) in [6, 6.07) is -0.00408. The van der Waals surface area contributed by atoms with Crippen molar-refractivity contribution in [1.29, 1.82) is 0 Å². The van der Waals surface area contributed by atoms with Crippen LogP contribution in [-0.2, 0) is 4.79 Å². The van der Waals surface area contributed by atoms with Gasteiger partial charge in [0.25, 0.3) is 0 Å². The summed E-state index contributed by atoms with van der Waals surface area (Å²) in [5.74, 6) is 0.424. The molecule has 0 aromatic heterocycles. The van der Waals surface area contributed by atoms with Gasteiger partial charge in [-0.2, -0.15) is 0 Å². The van der Waals surface area contributed by atoms with E-state index in [1.165, 1.54) is 24.2 Å². The van der Waals surface area contributed by atoms with Crippen LogP contribution in [0, 0.1) is 11.8 Å². The molecular weight excluding hydrogens is 244 g/mol. The average molecular weight is 268 g/mol. The van der Waals surface area contributed by atoms with E-state index in [9.17, 15) is 9.59 Å². The van der Waals surface area contributed by atoms with Crippen molar-refractivity contribution in [2.24, 2.45) is 11.8 Å². The molecule has 5 heteroatoms. The Kier molecular flexibility index (Phi) is 4.32. The summed E-state index contributed by atoms with van der Waals surface area (Å²) < 4.78 is 0. The van der Waals surface area contributed by atoms with Crippen LogP contribution in [0.25, 0.3) is 0 Å². The maximum Gasteiger partial charge on any atom is 0.323 e. The summed E-state index contributed by atoms with van der Waals surface area (Å²) in [6.45, 7) is 3.63. The molecule has 0 radical (unpaired) electrons. The van der Waals surface area contributed by atoms with Crippen LogP contribution in [0.4, 0.5) is 4.79 Å². The highest BCUT2D eigenvalue weighted by molar-refractivity contribution is 5.80. The molecule has 0 aromatic carbocycles. The van der Waals surface area contributed by atoms with Gasteiger partial charge in [0, 0.05) is 12.1 Å². The van der Waals surface area contributed by atoms with E-state index < -0.39 is 5.97 Å². The molecule has 2 rings (SSSR count). The van der Waals surface area contributed by atoms with Gasteiger partial charge in [-0.05, 0) is 44.4 Å². The van der Waals surface area contributed by atoms with Crippen LogP contribution < -0.4 is 5.32 Å². The fourth-order valence-electron chi connectivity index (χ4n) is 3.46. The molecule has 19 heavy (non-hydrogen) atoms. The van der Waals surface area contributed by atoms with Crippen molar-refractivity contribution in [3.8, 4) is 0 Å². The second-order valence-corrected chi connectivity index (χ2v) is 6.01. The van der Waals surface area contributed by atoms with Gasteiger partial charge in [-0.1, -0.05) is 13.3 Å². The first-order valence-corrected chi connectivity index (χ1v) is 7.30. The summed E-state index contributed by atoms with van der Waals surface area (Å²) in [7, 11) is 0. The molecule has 0 spiro atoms. The van der Waals surface area contributed by atoms with Gasteiger partial charge in [0.2, 0.25) is 0 Å². The Morgan fingerprint density at radius 1 is 1.37 bits per heavy atom. The zero-order chi connectivity index (χ0) is 14.0. The van der Waals surface area contributed by atoms with Crippen molar-refractivity contribution in [2.45, 2.75) is 58.0 Å². The molecule has 2 amide bonds. The van der Waals surface area contributed by atoms with Crippen LogP contribution in [0.5, 0.6) is 0 Å². The van der Waals surface area contributed by atoms with Crippen LogP contribution in [0.3, 0.4) is 0 Å². The number of hydrogen-bond acceptors (Lipinski definition) is 2. The number of hydrogen-bond donors (Lipinski definition) is 2. The van der Waals surface area contributed by atoms with Gasteiger partial charge in [-0.25, -0.2) is 4.79 Å². The van der Waals surface area contributed by atoms with Gasteiger partial charge in [0.05, 0.1) is 0 Å². The summed E-state index contributed by atoms with van der Waals surface area (Å²) in [5.41, 5.74) is 0. The number of carbonyl (C=O) groups is 2. The van der Waals surface area contributed by atoms with E-state index in [4.69, 9.17) is 5.11 Å². The molecule has 0 heterocycles. The van der Waals surface area contributed by atoms with Crippen LogP contribution in [0.2, 0.25) is 0 Å². The lowest BCUT2D eigenvalue weighted by molar-refractivity contribution is -0.138. The number of amides is 2. The summed E-state index contributed by atoms with van der Waals surface area (Å²) in [6.07, 6.45) is 5.56. The molecule has 0 saturated heterocycles. The first kappa shape index (κ1) is 14.2. The first-order valence-electron chi connectivity index (χ1n) is 7.30. The van der Waals surface area contributed by atoms with Gasteiger partial charge in [-0.3, -0.25) is 4.79 Å². The number of carboxylic acid groups (broad SMARTS) is 1. The number of aliphatic carboxylic acids is 1. The number of fused-ring (bicyclic) bond motifs is 2. The Morgan fingerprint density at radius 3 is 2.58 bits per heavy atom. The quantitative estimate of drug-likeness (QED) is 0.802. The third kappa shape index (κ3) is 3.19. The lowest BCUT2D eigenvalue weighted by atomic mass is 9.95. The molecule has 2 bridgehead atoms. The predicted octanol–water partition coefficient (Wildman–Crippen LogP) is 2.07. The number of nitrogens with zero attached hydrogens (tertiary/aromatic N) is 1. The molecule has 5 nitrogen and oxygen atoms in total. The van der Waals surface area contributed by atoms with Gasteiger partial charge in [0.1, 0.15) is 6.54 Å². The molecule has 4 atom stereocenters. The zero-order valence-electron chi connectivity index (χ0n) is 11.8. The van der Waals surface area contributed by atoms with Crippen molar-refractivity contribution in [2.75, 3.05) is 6.54 Å². The number of rotatable bonds is 5. The van der Waals surface area contributed by atoms with E-state index in [0.717, 1.165) is 18.8 Å². The predicted molar refractivity (Wildman–Crippen MR) is 71.9 cm³/mol. The maximum absolute atomic E-state index is 12.3. The Balaban J connectivity index is 1.93. The molecule has 0 aliphatic heterocycles. The van der Waals surface area contributed by atoms with Gasteiger partial charge in [-0.15, -0.1) is 0 Å². The molecule has 2 N–H and O–H groups in total. The molecule has 2 aliphatic carbocycles. The van der Waals surface area contributed by atoms with Crippen molar-refractivity contribution in [3.05, 3.63) is 0 Å². The van der Waals surface area contributed by atoms with Gasteiger partial charge >= 0.3 is 12.0 Å². The minimum absolute atomic E-state index is 0.0466. The molecule has 2 aliphatic rings. The van der Waals surface area contributed by atoms with Crippen LogP contribution >= 0.6 is 0 Å². The molecular formula is C14H24N2O3. The Hall–Kier alpha value is -1.26. The maximum atomic E-state index is 12.3. The fraction of sp³-hybridized carbons (Fsp3) is 0.857. The van der Waals surface area contributed by atoms with Crippen LogP contribution in [0.15, 0.2) is 0 Å². The summed E-state index contributed by atoms with van der Waals surface area (Å²) in [4.78, 5) is 24.6. The van der Waals surface area contributed by atoms with E-state index in [-0.39, 0.29) is 24.7 Å². The summed E-state index contributed by atoms with van der Waals surface area (Å²) >= 11 is 0. The van der Waals surface area contributed by atoms with Crippen LogP contribution in [-0.4, -0.2) is 40.6 Å². The van der Waals surface area contributed by atoms with E-state index >= 15 is 0 Å². The van der Waals surface area contributed by atoms with Crippen molar-refractivity contribution < 1.29 is 14.7 Å². The first-order chi connectivity index (χ1) is 9.01. The number of carboxylic acids is 1.